The van der Waals surface area contributed by atoms with Crippen LogP contribution in [0, 0.1) is 0 Å². The monoisotopic (exact) mass is 394 g/mol. The topological polar surface area (TPSA) is 66.5 Å². The van der Waals surface area contributed by atoms with E-state index in [2.05, 4.69) is 5.32 Å². The number of nitrogens with one attached hydrogen (secondary N) is 1. The van der Waals surface area contributed by atoms with E-state index in [4.69, 9.17) is 11.6 Å². The highest BCUT2D eigenvalue weighted by Crippen LogP contribution is 2.17. The predicted molar refractivity (Wildman–Crippen MR) is 106 cm³/mol. The second kappa shape index (κ2) is 9.05. The first kappa shape index (κ1) is 20.3. The van der Waals surface area contributed by atoms with Crippen molar-refractivity contribution in [1.29, 1.82) is 0 Å². The van der Waals surface area contributed by atoms with Gasteiger partial charge in [-0.25, -0.2) is 8.42 Å². The number of sulfonamides is 1. The highest BCUT2D eigenvalue weighted by molar-refractivity contribution is 7.92. The van der Waals surface area contributed by atoms with E-state index in [0.29, 0.717) is 22.8 Å². The van der Waals surface area contributed by atoms with Gasteiger partial charge >= 0.3 is 0 Å². The average molecular weight is 395 g/mol. The van der Waals surface area contributed by atoms with E-state index in [9.17, 15) is 13.2 Å². The quantitative estimate of drug-likeness (QED) is 0.697. The molecule has 0 aromatic heterocycles. The van der Waals surface area contributed by atoms with E-state index in [0.717, 1.165) is 12.8 Å². The van der Waals surface area contributed by atoms with Gasteiger partial charge in [0.2, 0.25) is 10.0 Å². The number of rotatable bonds is 8. The molecule has 0 unspecified atom stereocenters. The molecule has 0 aliphatic carbocycles. The Morgan fingerprint density at radius 3 is 2.27 bits per heavy atom. The summed E-state index contributed by atoms with van der Waals surface area (Å²) in [6.45, 7) is 2.16. The molecule has 26 heavy (non-hydrogen) atoms. The Labute approximate surface area is 160 Å². The molecule has 0 aliphatic rings. The smallest absolute Gasteiger partial charge is 0.251 e. The van der Waals surface area contributed by atoms with Crippen LogP contribution in [0.5, 0.6) is 0 Å². The van der Waals surface area contributed by atoms with Gasteiger partial charge < -0.3 is 5.32 Å². The summed E-state index contributed by atoms with van der Waals surface area (Å²) < 4.78 is 25.0. The van der Waals surface area contributed by atoms with E-state index in [1.807, 2.05) is 24.3 Å². The Morgan fingerprint density at radius 2 is 1.69 bits per heavy atom. The van der Waals surface area contributed by atoms with Gasteiger partial charge in [-0.1, -0.05) is 23.7 Å². The number of amides is 1. The number of aryl methyl sites for hydroxylation is 1. The molecule has 0 saturated heterocycles. The normalized spacial score (nSPS) is 11.2. The van der Waals surface area contributed by atoms with Crippen molar-refractivity contribution < 1.29 is 13.2 Å². The highest BCUT2D eigenvalue weighted by atomic mass is 35.5. The zero-order valence-electron chi connectivity index (χ0n) is 14.9. The SMILES string of the molecule is CCS(=O)(=O)N(C)c1ccc(C(=O)NCCCc2ccc(Cl)cc2)cc1. The summed E-state index contributed by atoms with van der Waals surface area (Å²) in [5.41, 5.74) is 2.21. The van der Waals surface area contributed by atoms with Crippen LogP contribution in [0.4, 0.5) is 5.69 Å². The molecule has 2 aromatic carbocycles. The number of anilines is 1. The third-order valence-corrected chi connectivity index (χ3v) is 6.14. The van der Waals surface area contributed by atoms with Gasteiger partial charge in [-0.2, -0.15) is 0 Å². The van der Waals surface area contributed by atoms with Gasteiger partial charge in [-0.05, 0) is 61.7 Å². The minimum Gasteiger partial charge on any atom is -0.352 e. The largest absolute Gasteiger partial charge is 0.352 e. The van der Waals surface area contributed by atoms with Gasteiger partial charge in [0, 0.05) is 24.2 Å². The zero-order chi connectivity index (χ0) is 19.2. The summed E-state index contributed by atoms with van der Waals surface area (Å²) in [4.78, 5) is 12.2. The lowest BCUT2D eigenvalue weighted by atomic mass is 10.1. The van der Waals surface area contributed by atoms with Crippen LogP contribution in [-0.2, 0) is 16.4 Å². The van der Waals surface area contributed by atoms with Crippen LogP contribution in [-0.4, -0.2) is 33.7 Å². The van der Waals surface area contributed by atoms with Crippen molar-refractivity contribution in [3.8, 4) is 0 Å². The van der Waals surface area contributed by atoms with Crippen LogP contribution in [0.3, 0.4) is 0 Å². The number of benzene rings is 2. The molecule has 0 atom stereocenters. The van der Waals surface area contributed by atoms with Crippen molar-refractivity contribution in [2.24, 2.45) is 0 Å². The molecule has 0 fully saturated rings. The number of hydrogen-bond acceptors (Lipinski definition) is 3. The molecule has 0 saturated carbocycles. The maximum Gasteiger partial charge on any atom is 0.251 e. The first-order chi connectivity index (χ1) is 12.3. The lowest BCUT2D eigenvalue weighted by Gasteiger charge is -2.18. The van der Waals surface area contributed by atoms with Gasteiger partial charge in [0.05, 0.1) is 11.4 Å². The van der Waals surface area contributed by atoms with Gasteiger partial charge in [-0.15, -0.1) is 0 Å². The Bertz CT molecular complexity index is 834. The molecule has 0 bridgehead atoms. The third-order valence-electron chi connectivity index (χ3n) is 4.12. The first-order valence-corrected chi connectivity index (χ1v) is 10.4. The summed E-state index contributed by atoms with van der Waals surface area (Å²) in [5.74, 6) is -0.145. The van der Waals surface area contributed by atoms with E-state index in [1.54, 1.807) is 31.2 Å². The van der Waals surface area contributed by atoms with E-state index in [1.165, 1.54) is 16.9 Å². The van der Waals surface area contributed by atoms with Crippen molar-refractivity contribution in [1.82, 2.24) is 5.32 Å². The second-order valence-electron chi connectivity index (χ2n) is 5.90. The fourth-order valence-electron chi connectivity index (χ4n) is 2.42. The molecule has 1 amide bonds. The van der Waals surface area contributed by atoms with Crippen molar-refractivity contribution in [2.45, 2.75) is 19.8 Å². The van der Waals surface area contributed by atoms with Crippen LogP contribution in [0.15, 0.2) is 48.5 Å². The first-order valence-electron chi connectivity index (χ1n) is 8.43. The molecule has 0 spiro atoms. The lowest BCUT2D eigenvalue weighted by Crippen LogP contribution is -2.28. The summed E-state index contributed by atoms with van der Waals surface area (Å²) >= 11 is 5.85. The predicted octanol–water partition coefficient (Wildman–Crippen LogP) is 3.49. The van der Waals surface area contributed by atoms with E-state index >= 15 is 0 Å². The summed E-state index contributed by atoms with van der Waals surface area (Å²) in [6.07, 6.45) is 1.68. The molecule has 7 heteroatoms. The standard InChI is InChI=1S/C19H23ClN2O3S/c1-3-26(24,25)22(2)18-12-8-16(9-13-18)19(23)21-14-4-5-15-6-10-17(20)11-7-15/h6-13H,3-5,14H2,1-2H3,(H,21,23). The summed E-state index contributed by atoms with van der Waals surface area (Å²) in [6, 6.07) is 14.2. The van der Waals surface area contributed by atoms with Crippen molar-refractivity contribution >= 4 is 33.2 Å². The Hall–Kier alpha value is -2.05. The number of halogens is 1. The number of nitrogens with zero attached hydrogens (tertiary/aromatic N) is 1. The highest BCUT2D eigenvalue weighted by Gasteiger charge is 2.16. The average Bonchev–Trinajstić information content (AvgIpc) is 2.66. The number of hydrogen-bond donors (Lipinski definition) is 1. The summed E-state index contributed by atoms with van der Waals surface area (Å²) in [7, 11) is -1.80. The van der Waals surface area contributed by atoms with Crippen molar-refractivity contribution in [3.05, 3.63) is 64.7 Å². The van der Waals surface area contributed by atoms with Crippen LogP contribution >= 0.6 is 11.6 Å². The van der Waals surface area contributed by atoms with Gasteiger partial charge in [-0.3, -0.25) is 9.10 Å². The maximum absolute atomic E-state index is 12.2. The molecule has 0 heterocycles. The van der Waals surface area contributed by atoms with Crippen LogP contribution in [0.25, 0.3) is 0 Å². The fourth-order valence-corrected chi connectivity index (χ4v) is 3.38. The van der Waals surface area contributed by atoms with Crippen molar-refractivity contribution in [3.63, 3.8) is 0 Å². The van der Waals surface area contributed by atoms with Crippen LogP contribution in [0.2, 0.25) is 5.02 Å². The molecule has 2 rings (SSSR count). The Kier molecular flexibility index (Phi) is 7.06. The minimum absolute atomic E-state index is 0.0271. The maximum atomic E-state index is 12.2. The molecule has 140 valence electrons. The van der Waals surface area contributed by atoms with Crippen LogP contribution in [0.1, 0.15) is 29.3 Å². The summed E-state index contributed by atoms with van der Waals surface area (Å²) in [5, 5.41) is 3.58. The third kappa shape index (κ3) is 5.47. The molecule has 5 nitrogen and oxygen atoms in total. The van der Waals surface area contributed by atoms with Gasteiger partial charge in [0.15, 0.2) is 0 Å². The van der Waals surface area contributed by atoms with Gasteiger partial charge in [0.25, 0.3) is 5.91 Å². The number of carbonyl (C=O) groups is 1. The Morgan fingerprint density at radius 1 is 1.08 bits per heavy atom. The van der Waals surface area contributed by atoms with Crippen molar-refractivity contribution in [2.75, 3.05) is 23.7 Å². The van der Waals surface area contributed by atoms with Gasteiger partial charge in [0.1, 0.15) is 0 Å². The molecular formula is C19H23ClN2O3S. The molecule has 1 N–H and O–H groups in total. The fraction of sp³-hybridized carbons (Fsp3) is 0.316. The molecule has 2 aromatic rings. The zero-order valence-corrected chi connectivity index (χ0v) is 16.5. The molecule has 0 radical (unpaired) electrons. The lowest BCUT2D eigenvalue weighted by molar-refractivity contribution is 0.0953. The van der Waals surface area contributed by atoms with E-state index < -0.39 is 10.0 Å². The Balaban J connectivity index is 1.85. The molecular weight excluding hydrogens is 372 g/mol. The second-order valence-corrected chi connectivity index (χ2v) is 8.63. The number of carbonyl (C=O) groups excluding carboxylic acids is 1. The van der Waals surface area contributed by atoms with E-state index in [-0.39, 0.29) is 11.7 Å². The molecule has 0 aliphatic heterocycles. The minimum atomic E-state index is -3.31. The van der Waals surface area contributed by atoms with Crippen LogP contribution < -0.4 is 9.62 Å².